The molecule has 0 aliphatic carbocycles. The Labute approximate surface area is 203 Å². The van der Waals surface area contributed by atoms with Crippen LogP contribution < -0.4 is 10.2 Å². The minimum absolute atomic E-state index is 0.148. The molecule has 1 fully saturated rings. The van der Waals surface area contributed by atoms with Crippen LogP contribution in [0.1, 0.15) is 24.2 Å². The second kappa shape index (κ2) is 10.7. The summed E-state index contributed by atoms with van der Waals surface area (Å²) in [4.78, 5) is 30.3. The molecule has 1 aliphatic heterocycles. The molecule has 0 radical (unpaired) electrons. The van der Waals surface area contributed by atoms with Gasteiger partial charge in [-0.3, -0.25) is 9.69 Å². The van der Waals surface area contributed by atoms with Gasteiger partial charge in [0.15, 0.2) is 0 Å². The summed E-state index contributed by atoms with van der Waals surface area (Å²) in [6.07, 6.45) is 0. The topological polar surface area (TPSA) is 82.1 Å². The number of carbonyl (C=O) groups is 2. The lowest BCUT2D eigenvalue weighted by Crippen LogP contribution is -2.52. The first-order valence-corrected chi connectivity index (χ1v) is 12.3. The molecule has 2 N–H and O–H groups in total. The summed E-state index contributed by atoms with van der Waals surface area (Å²) in [6.45, 7) is 6.96. The van der Waals surface area contributed by atoms with Crippen LogP contribution in [0.4, 0.5) is 10.7 Å². The van der Waals surface area contributed by atoms with Crippen molar-refractivity contribution in [2.75, 3.05) is 43.0 Å². The quantitative estimate of drug-likeness (QED) is 0.488. The summed E-state index contributed by atoms with van der Waals surface area (Å²) in [6, 6.07) is 16.5. The normalized spacial score (nSPS) is 15.1. The van der Waals surface area contributed by atoms with Crippen molar-refractivity contribution in [1.82, 2.24) is 4.90 Å². The number of hydrogen-bond donors (Lipinski definition) is 2. The molecule has 1 unspecified atom stereocenters. The van der Waals surface area contributed by atoms with E-state index < -0.39 is 5.97 Å². The molecule has 2 heterocycles. The van der Waals surface area contributed by atoms with Crippen LogP contribution in [0.3, 0.4) is 0 Å². The Morgan fingerprint density at radius 1 is 1.06 bits per heavy atom. The zero-order chi connectivity index (χ0) is 24.1. The fourth-order valence-corrected chi connectivity index (χ4v) is 5.06. The standard InChI is InChI=1S/C26H29N3O4S/c1-3-33-26(32)23-22(19-7-5-4-6-8-19)17-34-25(23)27-24(31)18(2)28-13-15-29(16-14-28)20-9-11-21(30)12-10-20/h4-12,17-18,30H,3,13-16H2,1-2H3,(H,27,31). The van der Waals surface area contributed by atoms with Gasteiger partial charge in [-0.2, -0.15) is 0 Å². The van der Waals surface area contributed by atoms with Gasteiger partial charge in [-0.15, -0.1) is 11.3 Å². The maximum absolute atomic E-state index is 13.1. The predicted octanol–water partition coefficient (Wildman–Crippen LogP) is 4.45. The van der Waals surface area contributed by atoms with Crippen molar-refractivity contribution in [2.24, 2.45) is 0 Å². The Balaban J connectivity index is 1.44. The van der Waals surface area contributed by atoms with Crippen molar-refractivity contribution in [3.63, 3.8) is 0 Å². The fraction of sp³-hybridized carbons (Fsp3) is 0.308. The zero-order valence-corrected chi connectivity index (χ0v) is 20.2. The summed E-state index contributed by atoms with van der Waals surface area (Å²) < 4.78 is 5.29. The number of ether oxygens (including phenoxy) is 1. The molecule has 1 aliphatic rings. The van der Waals surface area contributed by atoms with Crippen LogP contribution in [-0.4, -0.2) is 60.7 Å². The minimum Gasteiger partial charge on any atom is -0.508 e. The van der Waals surface area contributed by atoms with Crippen LogP contribution in [0.25, 0.3) is 11.1 Å². The third-order valence-corrected chi connectivity index (χ3v) is 6.94. The highest BCUT2D eigenvalue weighted by atomic mass is 32.1. The maximum atomic E-state index is 13.1. The summed E-state index contributed by atoms with van der Waals surface area (Å²) >= 11 is 1.34. The molecule has 0 spiro atoms. The van der Waals surface area contributed by atoms with Crippen LogP contribution in [0.15, 0.2) is 60.0 Å². The van der Waals surface area contributed by atoms with Crippen LogP contribution >= 0.6 is 11.3 Å². The van der Waals surface area contributed by atoms with E-state index in [9.17, 15) is 14.7 Å². The van der Waals surface area contributed by atoms with E-state index in [2.05, 4.69) is 15.1 Å². The molecule has 178 valence electrons. The Kier molecular flexibility index (Phi) is 7.49. The monoisotopic (exact) mass is 479 g/mol. The van der Waals surface area contributed by atoms with Crippen molar-refractivity contribution < 1.29 is 19.4 Å². The molecule has 1 amide bonds. The first-order valence-electron chi connectivity index (χ1n) is 11.4. The molecule has 1 atom stereocenters. The van der Waals surface area contributed by atoms with Gasteiger partial charge in [-0.1, -0.05) is 30.3 Å². The lowest BCUT2D eigenvalue weighted by molar-refractivity contribution is -0.120. The predicted molar refractivity (Wildman–Crippen MR) is 136 cm³/mol. The number of piperazine rings is 1. The van der Waals surface area contributed by atoms with Gasteiger partial charge < -0.3 is 20.1 Å². The number of nitrogens with one attached hydrogen (secondary N) is 1. The van der Waals surface area contributed by atoms with E-state index in [1.165, 1.54) is 11.3 Å². The fourth-order valence-electron chi connectivity index (χ4n) is 4.10. The molecule has 4 rings (SSSR count). The molecular weight excluding hydrogens is 450 g/mol. The summed E-state index contributed by atoms with van der Waals surface area (Å²) in [5, 5.41) is 14.9. The van der Waals surface area contributed by atoms with Crippen LogP contribution in [0.5, 0.6) is 5.75 Å². The van der Waals surface area contributed by atoms with Gasteiger partial charge in [0, 0.05) is 42.8 Å². The SMILES string of the molecule is CCOC(=O)c1c(-c2ccccc2)csc1NC(=O)C(C)N1CCN(c2ccc(O)cc2)CC1. The number of rotatable bonds is 7. The Hall–Kier alpha value is -3.36. The molecule has 2 aromatic carbocycles. The second-order valence-electron chi connectivity index (χ2n) is 8.14. The number of benzene rings is 2. The number of phenols is 1. The van der Waals surface area contributed by atoms with Crippen molar-refractivity contribution in [3.8, 4) is 16.9 Å². The second-order valence-corrected chi connectivity index (χ2v) is 9.02. The van der Waals surface area contributed by atoms with E-state index in [4.69, 9.17) is 4.74 Å². The van der Waals surface area contributed by atoms with Crippen LogP contribution in [0, 0.1) is 0 Å². The average molecular weight is 480 g/mol. The number of esters is 1. The number of phenolic OH excluding ortho intramolecular Hbond substituents is 1. The Bertz CT molecular complexity index is 1120. The van der Waals surface area contributed by atoms with E-state index in [1.54, 1.807) is 19.1 Å². The van der Waals surface area contributed by atoms with Gasteiger partial charge in [0.25, 0.3) is 0 Å². The van der Waals surface area contributed by atoms with Gasteiger partial charge in [-0.05, 0) is 43.7 Å². The van der Waals surface area contributed by atoms with E-state index in [0.717, 1.165) is 43.0 Å². The summed E-state index contributed by atoms with van der Waals surface area (Å²) in [5.41, 5.74) is 3.12. The lowest BCUT2D eigenvalue weighted by Gasteiger charge is -2.38. The molecule has 7 nitrogen and oxygen atoms in total. The van der Waals surface area contributed by atoms with E-state index >= 15 is 0 Å². The van der Waals surface area contributed by atoms with Crippen molar-refractivity contribution in [1.29, 1.82) is 0 Å². The van der Waals surface area contributed by atoms with E-state index in [-0.39, 0.29) is 24.3 Å². The van der Waals surface area contributed by atoms with Crippen LogP contribution in [-0.2, 0) is 9.53 Å². The number of amides is 1. The van der Waals surface area contributed by atoms with Gasteiger partial charge in [0.2, 0.25) is 5.91 Å². The summed E-state index contributed by atoms with van der Waals surface area (Å²) in [5.74, 6) is -0.336. The molecule has 0 saturated carbocycles. The summed E-state index contributed by atoms with van der Waals surface area (Å²) in [7, 11) is 0. The minimum atomic E-state index is -0.437. The van der Waals surface area contributed by atoms with Gasteiger partial charge >= 0.3 is 5.97 Å². The highest BCUT2D eigenvalue weighted by Crippen LogP contribution is 2.36. The number of thiophene rings is 1. The van der Waals surface area contributed by atoms with Gasteiger partial charge in [0.05, 0.1) is 12.6 Å². The Morgan fingerprint density at radius 2 is 1.74 bits per heavy atom. The van der Waals surface area contributed by atoms with Gasteiger partial charge in [-0.25, -0.2) is 4.79 Å². The lowest BCUT2D eigenvalue weighted by atomic mass is 10.0. The zero-order valence-electron chi connectivity index (χ0n) is 19.4. The number of aromatic hydroxyl groups is 1. The molecule has 34 heavy (non-hydrogen) atoms. The first kappa shape index (κ1) is 23.8. The first-order chi connectivity index (χ1) is 16.5. The highest BCUT2D eigenvalue weighted by Gasteiger charge is 2.28. The number of hydrogen-bond acceptors (Lipinski definition) is 7. The third-order valence-electron chi connectivity index (χ3n) is 6.05. The smallest absolute Gasteiger partial charge is 0.341 e. The molecule has 1 saturated heterocycles. The highest BCUT2D eigenvalue weighted by molar-refractivity contribution is 7.15. The maximum Gasteiger partial charge on any atom is 0.341 e. The molecule has 8 heteroatoms. The average Bonchev–Trinajstić information content (AvgIpc) is 3.28. The number of nitrogens with zero attached hydrogens (tertiary/aromatic N) is 2. The molecular formula is C26H29N3O4S. The molecule has 3 aromatic rings. The molecule has 1 aromatic heterocycles. The van der Waals surface area contributed by atoms with Crippen LogP contribution in [0.2, 0.25) is 0 Å². The van der Waals surface area contributed by atoms with E-state index in [1.807, 2.05) is 54.8 Å². The van der Waals surface area contributed by atoms with Crippen molar-refractivity contribution in [2.45, 2.75) is 19.9 Å². The van der Waals surface area contributed by atoms with Crippen molar-refractivity contribution in [3.05, 3.63) is 65.5 Å². The van der Waals surface area contributed by atoms with E-state index in [0.29, 0.717) is 10.6 Å². The molecule has 0 bridgehead atoms. The van der Waals surface area contributed by atoms with Gasteiger partial charge in [0.1, 0.15) is 16.3 Å². The largest absolute Gasteiger partial charge is 0.508 e. The number of carbonyl (C=O) groups excluding carboxylic acids is 2. The number of anilines is 2. The third kappa shape index (κ3) is 5.24. The van der Waals surface area contributed by atoms with Crippen molar-refractivity contribution >= 4 is 33.9 Å². The Morgan fingerprint density at radius 3 is 2.38 bits per heavy atom.